The number of ketones is 2. The van der Waals surface area contributed by atoms with Gasteiger partial charge in [-0.3, -0.25) is 24.6 Å². The van der Waals surface area contributed by atoms with Crippen LogP contribution in [0.4, 0.5) is 10.5 Å². The highest BCUT2D eigenvalue weighted by Crippen LogP contribution is 2.51. The number of rotatable bonds is 7. The van der Waals surface area contributed by atoms with Gasteiger partial charge in [0.05, 0.1) is 17.5 Å². The highest BCUT2D eigenvalue weighted by Gasteiger charge is 2.55. The van der Waals surface area contributed by atoms with Crippen molar-refractivity contribution < 1.29 is 39.2 Å². The highest BCUT2D eigenvalue weighted by molar-refractivity contribution is 6.28. The molecule has 1 saturated carbocycles. The van der Waals surface area contributed by atoms with Crippen LogP contribution < -0.4 is 16.4 Å². The number of aliphatic hydroxyl groups is 2. The number of allylic oxidation sites excluding steroid dienone is 1. The topological polar surface area (TPSA) is 192 Å². The molecular formula is C39H36N4O8. The van der Waals surface area contributed by atoms with E-state index in [0.717, 1.165) is 22.3 Å². The molecule has 1 fully saturated rings. The number of nitrogens with two attached hydrogens (primary N) is 1. The Kier molecular flexibility index (Phi) is 8.29. The monoisotopic (exact) mass is 688 g/mol. The van der Waals surface area contributed by atoms with Gasteiger partial charge >= 0.3 is 6.09 Å². The number of carbonyl (C=O) groups excluding carboxylic acids is 4. The van der Waals surface area contributed by atoms with Crippen molar-refractivity contribution in [1.29, 1.82) is 0 Å². The van der Waals surface area contributed by atoms with Crippen molar-refractivity contribution >= 4 is 35.0 Å². The maximum absolute atomic E-state index is 14.0. The smallest absolute Gasteiger partial charge is 0.413 e. The third kappa shape index (κ3) is 5.36. The maximum Gasteiger partial charge on any atom is 0.413 e. The molecule has 0 radical (unpaired) electrons. The van der Waals surface area contributed by atoms with Crippen molar-refractivity contribution in [2.45, 2.75) is 24.8 Å². The Morgan fingerprint density at radius 2 is 1.63 bits per heavy atom. The molecule has 3 aromatic carbocycles. The van der Waals surface area contributed by atoms with Crippen LogP contribution in [0.15, 0.2) is 95.7 Å². The number of nitrogens with one attached hydrogen (secondary N) is 2. The lowest BCUT2D eigenvalue weighted by molar-refractivity contribution is -0.136. The number of nitrogens with zero attached hydrogens (tertiary/aromatic N) is 1. The van der Waals surface area contributed by atoms with Crippen LogP contribution in [0.25, 0.3) is 16.9 Å². The van der Waals surface area contributed by atoms with Gasteiger partial charge in [-0.25, -0.2) is 4.79 Å². The Morgan fingerprint density at radius 3 is 2.24 bits per heavy atom. The van der Waals surface area contributed by atoms with E-state index in [1.54, 1.807) is 25.1 Å². The fraction of sp³-hybridized carbons (Fsp3) is 0.256. The van der Waals surface area contributed by atoms with Gasteiger partial charge in [0, 0.05) is 17.2 Å². The first-order chi connectivity index (χ1) is 24.4. The molecule has 0 saturated heterocycles. The number of phenols is 1. The molecule has 4 aliphatic carbocycles. The molecule has 12 heteroatoms. The highest BCUT2D eigenvalue weighted by atomic mass is 16.5. The number of amides is 2. The molecule has 4 atom stereocenters. The molecule has 7 N–H and O–H groups in total. The number of anilines is 1. The van der Waals surface area contributed by atoms with Crippen molar-refractivity contribution in [3.05, 3.63) is 118 Å². The summed E-state index contributed by atoms with van der Waals surface area (Å²) in [7, 11) is 3.31. The first-order valence-electron chi connectivity index (χ1n) is 16.5. The quantitative estimate of drug-likeness (QED) is 0.0896. The minimum atomic E-state index is -1.36. The van der Waals surface area contributed by atoms with Gasteiger partial charge < -0.3 is 31.1 Å². The minimum Gasteiger partial charge on any atom is -0.510 e. The van der Waals surface area contributed by atoms with Crippen LogP contribution in [0.2, 0.25) is 0 Å². The zero-order chi connectivity index (χ0) is 36.3. The molecule has 0 bridgehead atoms. The molecule has 4 aliphatic rings. The summed E-state index contributed by atoms with van der Waals surface area (Å²) < 4.78 is 5.67. The van der Waals surface area contributed by atoms with E-state index in [9.17, 15) is 34.5 Å². The standard InChI is InChI=1S/C39H36N4O8/c1-4-28(42-39(50)51-17-25-21-11-7-5-9-19(21)20-10-6-8-12-22(20)25)41-26-13-14-27(44)30-23(26)15-18-16-24-31(35(46)29(18)34(30)45)36(47)32(38(40)49)37(48)33(24)43(2)3/h5-14,18,24-25,31,33,41,44-45,48H,1,15-17H2,2-3H3,(H2,40,49)(H,42,50)/t18?,24?,31?,33-/m0/s1. The number of aromatic hydroxyl groups is 1. The predicted octanol–water partition coefficient (Wildman–Crippen LogP) is 4.43. The second-order valence-electron chi connectivity index (χ2n) is 13.4. The van der Waals surface area contributed by atoms with Crippen molar-refractivity contribution in [3.63, 3.8) is 0 Å². The van der Waals surface area contributed by atoms with Crippen LogP contribution in [-0.2, 0) is 25.5 Å². The number of aliphatic hydroxyl groups excluding tert-OH is 2. The molecule has 7 rings (SSSR count). The second kappa shape index (κ2) is 12.7. The lowest BCUT2D eigenvalue weighted by atomic mass is 9.59. The number of hydrogen-bond acceptors (Lipinski definition) is 10. The summed E-state index contributed by atoms with van der Waals surface area (Å²) in [6, 6.07) is 18.0. The van der Waals surface area contributed by atoms with Gasteiger partial charge in [-0.2, -0.15) is 0 Å². The van der Waals surface area contributed by atoms with Crippen molar-refractivity contribution in [2.24, 2.45) is 23.5 Å². The summed E-state index contributed by atoms with van der Waals surface area (Å²) in [6.07, 6.45) is -0.411. The van der Waals surface area contributed by atoms with Crippen LogP contribution in [-0.4, -0.2) is 70.5 Å². The van der Waals surface area contributed by atoms with E-state index in [-0.39, 0.29) is 48.1 Å². The number of alkyl carbamates (subject to hydrolysis) is 1. The molecule has 51 heavy (non-hydrogen) atoms. The van der Waals surface area contributed by atoms with E-state index in [1.807, 2.05) is 48.5 Å². The third-order valence-electron chi connectivity index (χ3n) is 10.5. The fourth-order valence-electron chi connectivity index (χ4n) is 8.37. The second-order valence-corrected chi connectivity index (χ2v) is 13.4. The summed E-state index contributed by atoms with van der Waals surface area (Å²) in [5, 5.41) is 39.1. The van der Waals surface area contributed by atoms with E-state index < -0.39 is 64.5 Å². The summed E-state index contributed by atoms with van der Waals surface area (Å²) in [5.41, 5.74) is 12.6. The largest absolute Gasteiger partial charge is 0.510 e. The molecule has 0 heterocycles. The van der Waals surface area contributed by atoms with E-state index in [2.05, 4.69) is 22.9 Å². The zero-order valence-electron chi connectivity index (χ0n) is 27.9. The summed E-state index contributed by atoms with van der Waals surface area (Å²) in [5.74, 6) is -6.80. The Labute approximate surface area is 293 Å². The summed E-state index contributed by atoms with van der Waals surface area (Å²) in [4.78, 5) is 54.3. The Balaban J connectivity index is 1.13. The van der Waals surface area contributed by atoms with E-state index in [1.165, 1.54) is 6.07 Å². The van der Waals surface area contributed by atoms with Gasteiger partial charge in [0.1, 0.15) is 29.4 Å². The number of ether oxygens (including phenoxy) is 1. The van der Waals surface area contributed by atoms with Crippen LogP contribution in [0, 0.1) is 17.8 Å². The van der Waals surface area contributed by atoms with E-state index in [4.69, 9.17) is 10.5 Å². The first-order valence-corrected chi connectivity index (χ1v) is 16.5. The Hall–Kier alpha value is -6.10. The lowest BCUT2D eigenvalue weighted by Gasteiger charge is -2.46. The summed E-state index contributed by atoms with van der Waals surface area (Å²) in [6.45, 7) is 3.77. The first kappa shape index (κ1) is 33.4. The summed E-state index contributed by atoms with van der Waals surface area (Å²) >= 11 is 0. The molecule has 3 aromatic rings. The number of benzene rings is 3. The van der Waals surface area contributed by atoms with Gasteiger partial charge in [-0.05, 0) is 78.7 Å². The molecule has 0 spiro atoms. The fourth-order valence-corrected chi connectivity index (χ4v) is 8.37. The molecule has 0 aliphatic heterocycles. The average Bonchev–Trinajstić information content (AvgIpc) is 3.41. The Bertz CT molecular complexity index is 2120. The van der Waals surface area contributed by atoms with Crippen molar-refractivity contribution in [3.8, 4) is 16.9 Å². The van der Waals surface area contributed by atoms with Gasteiger partial charge in [0.2, 0.25) is 0 Å². The predicted molar refractivity (Wildman–Crippen MR) is 187 cm³/mol. The third-order valence-corrected chi connectivity index (χ3v) is 10.5. The zero-order valence-corrected chi connectivity index (χ0v) is 27.9. The normalized spacial score (nSPS) is 21.9. The maximum atomic E-state index is 14.0. The van der Waals surface area contributed by atoms with Gasteiger partial charge in [-0.1, -0.05) is 60.8 Å². The minimum absolute atomic E-state index is 0.0106. The SMILES string of the molecule is C=C=C(NC(=O)OCC1c2ccccc2-c2ccccc21)Nc1ccc(O)c2c1CC1CC3C(C(=O)C(C(N)=O)=C(O)[C@H]3N(C)C)C(=O)C1=C2O. The number of primary amides is 1. The lowest BCUT2D eigenvalue weighted by Crippen LogP contribution is -2.55. The molecule has 12 nitrogen and oxygen atoms in total. The number of likely N-dealkylation sites (N-methyl/N-ethyl adjacent to an activating group) is 1. The number of carbonyl (C=O) groups is 4. The van der Waals surface area contributed by atoms with Crippen LogP contribution >= 0.6 is 0 Å². The Morgan fingerprint density at radius 1 is 0.980 bits per heavy atom. The van der Waals surface area contributed by atoms with Gasteiger partial charge in [0.25, 0.3) is 5.91 Å². The number of hydrogen-bond donors (Lipinski definition) is 6. The number of Topliss-reactive ketones (excluding diaryl/α,β-unsaturated/α-hetero) is 2. The van der Waals surface area contributed by atoms with Crippen molar-refractivity contribution in [1.82, 2.24) is 10.2 Å². The van der Waals surface area contributed by atoms with Gasteiger partial charge in [0.15, 0.2) is 17.4 Å². The van der Waals surface area contributed by atoms with Gasteiger partial charge in [-0.15, -0.1) is 0 Å². The molecule has 3 unspecified atom stereocenters. The number of phenolic OH excluding ortho intramolecular Hbond substituents is 1. The average molecular weight is 689 g/mol. The van der Waals surface area contributed by atoms with Crippen LogP contribution in [0.3, 0.4) is 0 Å². The number of fused-ring (bicyclic) bond motifs is 6. The molecule has 0 aromatic heterocycles. The van der Waals surface area contributed by atoms with E-state index in [0.29, 0.717) is 11.3 Å². The molecular weight excluding hydrogens is 652 g/mol. The van der Waals surface area contributed by atoms with E-state index >= 15 is 0 Å². The van der Waals surface area contributed by atoms with Crippen LogP contribution in [0.5, 0.6) is 5.75 Å². The molecule has 2 amide bonds. The van der Waals surface area contributed by atoms with Crippen molar-refractivity contribution in [2.75, 3.05) is 26.0 Å². The molecule has 260 valence electrons. The van der Waals surface area contributed by atoms with Crippen LogP contribution in [0.1, 0.15) is 34.6 Å².